The third-order valence-electron chi connectivity index (χ3n) is 3.55. The third kappa shape index (κ3) is 7.95. The highest BCUT2D eigenvalue weighted by atomic mass is 35.5. The summed E-state index contributed by atoms with van der Waals surface area (Å²) in [6.45, 7) is 5.06. The Labute approximate surface area is 150 Å². The maximum atomic E-state index is 10.9. The van der Waals surface area contributed by atoms with Gasteiger partial charge in [-0.2, -0.15) is 0 Å². The molecule has 1 aliphatic rings. The maximum absolute atomic E-state index is 10.9. The molecule has 1 fully saturated rings. The lowest BCUT2D eigenvalue weighted by Crippen LogP contribution is -2.26. The van der Waals surface area contributed by atoms with E-state index in [9.17, 15) is 10.1 Å². The number of rotatable bonds is 7. The zero-order chi connectivity index (χ0) is 19.0. The van der Waals surface area contributed by atoms with Gasteiger partial charge in [0, 0.05) is 19.2 Å². The van der Waals surface area contributed by atoms with Crippen LogP contribution in [0.2, 0.25) is 5.02 Å². The number of carbonyl (C=O) groups is 2. The molecule has 0 aliphatic heterocycles. The van der Waals surface area contributed by atoms with Gasteiger partial charge < -0.3 is 10.2 Å². The van der Waals surface area contributed by atoms with Crippen molar-refractivity contribution in [3.63, 3.8) is 0 Å². The van der Waals surface area contributed by atoms with Crippen molar-refractivity contribution in [2.45, 2.75) is 32.7 Å². The average Bonchev–Trinajstić information content (AvgIpc) is 3.33. The predicted octanol–water partition coefficient (Wildman–Crippen LogP) is 3.03. The van der Waals surface area contributed by atoms with Crippen molar-refractivity contribution >= 4 is 29.2 Å². The first-order chi connectivity index (χ1) is 11.7. The molecule has 1 aromatic rings. The minimum Gasteiger partial charge on any atom is -0.473 e. The van der Waals surface area contributed by atoms with Crippen LogP contribution in [-0.2, 0) is 16.1 Å². The summed E-state index contributed by atoms with van der Waals surface area (Å²) < 4.78 is 0. The molecule has 138 valence electrons. The lowest BCUT2D eigenvalue weighted by Gasteiger charge is -2.21. The lowest BCUT2D eigenvalue weighted by atomic mass is 10.1. The lowest BCUT2D eigenvalue weighted by molar-refractivity contribution is -0.384. The smallest absolute Gasteiger partial charge is 0.414 e. The number of nitrogens with zero attached hydrogens (tertiary/aromatic N) is 2. The van der Waals surface area contributed by atoms with Gasteiger partial charge in [0.05, 0.1) is 4.92 Å². The van der Waals surface area contributed by atoms with Crippen molar-refractivity contribution in [3.8, 4) is 0 Å². The average molecular weight is 373 g/mol. The number of carboxylic acid groups (broad SMARTS) is 2. The summed E-state index contributed by atoms with van der Waals surface area (Å²) in [6, 6.07) is 5.10. The van der Waals surface area contributed by atoms with Gasteiger partial charge in [0.15, 0.2) is 0 Å². The Hall–Kier alpha value is -2.19. The SMILES string of the molecule is CCCN(Cc1ccc(Cl)c([N+](=O)[O-])c1)CC1CC1.O=C(O)C(=O)O. The van der Waals surface area contributed by atoms with Gasteiger partial charge in [-0.3, -0.25) is 15.0 Å². The Balaban J connectivity index is 0.000000450. The van der Waals surface area contributed by atoms with E-state index < -0.39 is 16.9 Å². The number of benzene rings is 1. The van der Waals surface area contributed by atoms with E-state index in [0.717, 1.165) is 37.5 Å². The standard InChI is InChI=1S/C14H19ClN2O2.C2H2O4/c1-2-7-16(9-11-3-4-11)10-12-5-6-13(15)14(8-12)17(18)19;3-1(4)2(5)6/h5-6,8,11H,2-4,7,9-10H2,1H3;(H,3,4)(H,5,6). The molecule has 9 heteroatoms. The Morgan fingerprint density at radius 3 is 2.36 bits per heavy atom. The molecule has 1 aromatic carbocycles. The number of hydrogen-bond donors (Lipinski definition) is 2. The number of nitro benzene ring substituents is 1. The molecule has 0 aromatic heterocycles. The van der Waals surface area contributed by atoms with Gasteiger partial charge in [0.25, 0.3) is 5.69 Å². The highest BCUT2D eigenvalue weighted by Gasteiger charge is 2.24. The van der Waals surface area contributed by atoms with Crippen LogP contribution in [0, 0.1) is 16.0 Å². The van der Waals surface area contributed by atoms with Crippen LogP contribution < -0.4 is 0 Å². The molecule has 0 unspecified atom stereocenters. The molecule has 0 spiro atoms. The Bertz CT molecular complexity index is 621. The van der Waals surface area contributed by atoms with E-state index in [-0.39, 0.29) is 10.7 Å². The summed E-state index contributed by atoms with van der Waals surface area (Å²) in [6.07, 6.45) is 3.74. The van der Waals surface area contributed by atoms with E-state index in [1.165, 1.54) is 12.8 Å². The van der Waals surface area contributed by atoms with Crippen molar-refractivity contribution in [3.05, 3.63) is 38.9 Å². The number of hydrogen-bond acceptors (Lipinski definition) is 5. The molecule has 0 atom stereocenters. The zero-order valence-corrected chi connectivity index (χ0v) is 14.6. The maximum Gasteiger partial charge on any atom is 0.414 e. The summed E-state index contributed by atoms with van der Waals surface area (Å²) in [7, 11) is 0. The first-order valence-corrected chi connectivity index (χ1v) is 8.23. The Morgan fingerprint density at radius 1 is 1.32 bits per heavy atom. The van der Waals surface area contributed by atoms with Gasteiger partial charge >= 0.3 is 11.9 Å². The van der Waals surface area contributed by atoms with E-state index in [4.69, 9.17) is 31.4 Å². The third-order valence-corrected chi connectivity index (χ3v) is 3.87. The van der Waals surface area contributed by atoms with Gasteiger partial charge in [0.1, 0.15) is 5.02 Å². The zero-order valence-electron chi connectivity index (χ0n) is 13.9. The minimum absolute atomic E-state index is 0.00189. The first-order valence-electron chi connectivity index (χ1n) is 7.86. The van der Waals surface area contributed by atoms with Crippen LogP contribution in [-0.4, -0.2) is 45.1 Å². The predicted molar refractivity (Wildman–Crippen MR) is 91.7 cm³/mol. The van der Waals surface area contributed by atoms with Crippen LogP contribution in [0.3, 0.4) is 0 Å². The molecule has 8 nitrogen and oxygen atoms in total. The Kier molecular flexibility index (Phi) is 8.30. The number of carboxylic acids is 2. The molecule has 1 saturated carbocycles. The first kappa shape index (κ1) is 20.9. The second-order valence-electron chi connectivity index (χ2n) is 5.83. The monoisotopic (exact) mass is 372 g/mol. The highest BCUT2D eigenvalue weighted by Crippen LogP contribution is 2.31. The summed E-state index contributed by atoms with van der Waals surface area (Å²) in [5.74, 6) is -2.82. The van der Waals surface area contributed by atoms with E-state index in [1.807, 2.05) is 6.07 Å². The quantitative estimate of drug-likeness (QED) is 0.428. The number of nitro groups is 1. The molecule has 25 heavy (non-hydrogen) atoms. The van der Waals surface area contributed by atoms with Crippen LogP contribution in [0.4, 0.5) is 5.69 Å². The molecule has 0 bridgehead atoms. The molecule has 0 radical (unpaired) electrons. The number of aliphatic carboxylic acids is 2. The van der Waals surface area contributed by atoms with Crippen molar-refractivity contribution in [2.24, 2.45) is 5.92 Å². The van der Waals surface area contributed by atoms with Crippen molar-refractivity contribution < 1.29 is 24.7 Å². The second kappa shape index (κ2) is 9.95. The summed E-state index contributed by atoms with van der Waals surface area (Å²) in [5.41, 5.74) is 0.965. The molecule has 0 saturated heterocycles. The van der Waals surface area contributed by atoms with Crippen LogP contribution >= 0.6 is 11.6 Å². The topological polar surface area (TPSA) is 121 Å². The molecule has 2 N–H and O–H groups in total. The highest BCUT2D eigenvalue weighted by molar-refractivity contribution is 6.32. The molecular formula is C16H21ClN2O6. The van der Waals surface area contributed by atoms with Gasteiger partial charge in [-0.15, -0.1) is 0 Å². The summed E-state index contributed by atoms with van der Waals surface area (Å²) >= 11 is 5.83. The van der Waals surface area contributed by atoms with Crippen LogP contribution in [0.15, 0.2) is 18.2 Å². The van der Waals surface area contributed by atoms with Crippen molar-refractivity contribution in [2.75, 3.05) is 13.1 Å². The van der Waals surface area contributed by atoms with E-state index in [0.29, 0.717) is 0 Å². The van der Waals surface area contributed by atoms with E-state index in [2.05, 4.69) is 11.8 Å². The van der Waals surface area contributed by atoms with E-state index >= 15 is 0 Å². The van der Waals surface area contributed by atoms with Crippen molar-refractivity contribution in [1.29, 1.82) is 0 Å². The summed E-state index contributed by atoms with van der Waals surface area (Å²) in [5, 5.41) is 25.9. The normalized spacial score (nSPS) is 13.1. The van der Waals surface area contributed by atoms with Gasteiger partial charge in [0.2, 0.25) is 0 Å². The van der Waals surface area contributed by atoms with Crippen molar-refractivity contribution in [1.82, 2.24) is 4.90 Å². The van der Waals surface area contributed by atoms with Gasteiger partial charge in [-0.05, 0) is 43.4 Å². The van der Waals surface area contributed by atoms with Crippen LogP contribution in [0.25, 0.3) is 0 Å². The fourth-order valence-electron chi connectivity index (χ4n) is 2.27. The number of halogens is 1. The molecule has 0 heterocycles. The molecule has 2 rings (SSSR count). The van der Waals surface area contributed by atoms with E-state index in [1.54, 1.807) is 12.1 Å². The fourth-order valence-corrected chi connectivity index (χ4v) is 2.46. The van der Waals surface area contributed by atoms with Crippen LogP contribution in [0.1, 0.15) is 31.7 Å². The summed E-state index contributed by atoms with van der Waals surface area (Å²) in [4.78, 5) is 31.0. The minimum atomic E-state index is -1.82. The largest absolute Gasteiger partial charge is 0.473 e. The second-order valence-corrected chi connectivity index (χ2v) is 6.24. The molecule has 0 amide bonds. The van der Waals surface area contributed by atoms with Gasteiger partial charge in [-0.25, -0.2) is 9.59 Å². The van der Waals surface area contributed by atoms with Gasteiger partial charge in [-0.1, -0.05) is 24.6 Å². The Morgan fingerprint density at radius 2 is 1.92 bits per heavy atom. The fraction of sp³-hybridized carbons (Fsp3) is 0.500. The molecule has 1 aliphatic carbocycles. The molecular weight excluding hydrogens is 352 g/mol. The van der Waals surface area contributed by atoms with Crippen LogP contribution in [0.5, 0.6) is 0 Å².